The van der Waals surface area contributed by atoms with E-state index in [9.17, 15) is 0 Å². The van der Waals surface area contributed by atoms with Gasteiger partial charge in [-0.2, -0.15) is 0 Å². The van der Waals surface area contributed by atoms with Crippen LogP contribution in [-0.2, 0) is 0 Å². The van der Waals surface area contributed by atoms with Crippen molar-refractivity contribution < 1.29 is 0 Å². The summed E-state index contributed by atoms with van der Waals surface area (Å²) >= 11 is 5.57. The molecule has 0 spiro atoms. The summed E-state index contributed by atoms with van der Waals surface area (Å²) in [5.74, 6) is 0.876. The first-order chi connectivity index (χ1) is 5.56. The van der Waals surface area contributed by atoms with E-state index >= 15 is 0 Å². The summed E-state index contributed by atoms with van der Waals surface area (Å²) in [6, 6.07) is 0. The van der Waals surface area contributed by atoms with Gasteiger partial charge in [0.1, 0.15) is 0 Å². The quantitative estimate of drug-likeness (QED) is 0.714. The van der Waals surface area contributed by atoms with Crippen molar-refractivity contribution in [1.82, 2.24) is 5.32 Å². The van der Waals surface area contributed by atoms with E-state index in [4.69, 9.17) is 11.6 Å². The number of hydrogen-bond acceptors (Lipinski definition) is 1. The van der Waals surface area contributed by atoms with Gasteiger partial charge in [0, 0.05) is 17.6 Å². The number of rotatable bonds is 4. The highest BCUT2D eigenvalue weighted by molar-refractivity contribution is 6.25. The second-order valence-corrected chi connectivity index (χ2v) is 4.52. The Hall–Kier alpha value is -0.0100. The number of hydrogen-bond donors (Lipinski definition) is 1. The lowest BCUT2D eigenvalue weighted by molar-refractivity contribution is 0.354. The van der Waals surface area contributed by atoms with E-state index in [-0.39, 0.29) is 0 Å². The SMILES string of the molecule is CC(=CCl)CNC(C)(C)C1CC1. The third-order valence-electron chi connectivity index (χ3n) is 2.61. The standard InChI is InChI=1S/C10H18ClN/c1-8(6-11)7-12-10(2,3)9-4-5-9/h6,9,12H,4-5,7H2,1-3H3. The molecule has 0 unspecified atom stereocenters. The minimum atomic E-state index is 0.293. The zero-order valence-electron chi connectivity index (χ0n) is 8.15. The van der Waals surface area contributed by atoms with Gasteiger partial charge in [-0.1, -0.05) is 11.6 Å². The lowest BCUT2D eigenvalue weighted by Gasteiger charge is -2.26. The number of halogens is 1. The fourth-order valence-corrected chi connectivity index (χ4v) is 1.43. The Morgan fingerprint density at radius 1 is 1.58 bits per heavy atom. The van der Waals surface area contributed by atoms with Gasteiger partial charge < -0.3 is 5.32 Å². The van der Waals surface area contributed by atoms with Crippen LogP contribution in [0.5, 0.6) is 0 Å². The molecule has 0 aromatic rings. The molecule has 1 aliphatic rings. The van der Waals surface area contributed by atoms with Crippen molar-refractivity contribution in [3.63, 3.8) is 0 Å². The van der Waals surface area contributed by atoms with Gasteiger partial charge in [-0.15, -0.1) is 0 Å². The van der Waals surface area contributed by atoms with Crippen LogP contribution in [-0.4, -0.2) is 12.1 Å². The monoisotopic (exact) mass is 187 g/mol. The van der Waals surface area contributed by atoms with Crippen LogP contribution >= 0.6 is 11.6 Å². The van der Waals surface area contributed by atoms with Gasteiger partial charge in [-0.05, 0) is 45.1 Å². The molecule has 0 bridgehead atoms. The molecule has 0 radical (unpaired) electrons. The Balaban J connectivity index is 2.29. The molecule has 1 nitrogen and oxygen atoms in total. The van der Waals surface area contributed by atoms with Gasteiger partial charge in [0.2, 0.25) is 0 Å². The molecule has 0 aromatic heterocycles. The highest BCUT2D eigenvalue weighted by Gasteiger charge is 2.36. The lowest BCUT2D eigenvalue weighted by atomic mass is 9.98. The number of nitrogens with one attached hydrogen (secondary N) is 1. The van der Waals surface area contributed by atoms with Crippen molar-refractivity contribution in [2.75, 3.05) is 6.54 Å². The molecular formula is C10H18ClN. The van der Waals surface area contributed by atoms with E-state index in [1.807, 2.05) is 6.92 Å². The van der Waals surface area contributed by atoms with Crippen molar-refractivity contribution in [3.8, 4) is 0 Å². The summed E-state index contributed by atoms with van der Waals surface area (Å²) in [4.78, 5) is 0. The highest BCUT2D eigenvalue weighted by Crippen LogP contribution is 2.39. The fraction of sp³-hybridized carbons (Fsp3) is 0.800. The van der Waals surface area contributed by atoms with Crippen LogP contribution in [0.3, 0.4) is 0 Å². The summed E-state index contributed by atoms with van der Waals surface area (Å²) in [7, 11) is 0. The van der Waals surface area contributed by atoms with Crippen molar-refractivity contribution in [2.24, 2.45) is 5.92 Å². The molecule has 1 rings (SSSR count). The molecule has 1 saturated carbocycles. The van der Waals surface area contributed by atoms with Gasteiger partial charge in [0.05, 0.1) is 0 Å². The van der Waals surface area contributed by atoms with Gasteiger partial charge in [-0.25, -0.2) is 0 Å². The van der Waals surface area contributed by atoms with Crippen molar-refractivity contribution in [3.05, 3.63) is 11.1 Å². The summed E-state index contributed by atoms with van der Waals surface area (Å²) in [6.45, 7) is 7.49. The van der Waals surface area contributed by atoms with E-state index in [0.29, 0.717) is 5.54 Å². The Morgan fingerprint density at radius 3 is 2.58 bits per heavy atom. The van der Waals surface area contributed by atoms with Crippen LogP contribution in [0.1, 0.15) is 33.6 Å². The minimum Gasteiger partial charge on any atom is -0.308 e. The first-order valence-corrected chi connectivity index (χ1v) is 5.01. The Labute approximate surface area is 80.2 Å². The summed E-state index contributed by atoms with van der Waals surface area (Å²) < 4.78 is 0. The highest BCUT2D eigenvalue weighted by atomic mass is 35.5. The van der Waals surface area contributed by atoms with Crippen LogP contribution in [0.25, 0.3) is 0 Å². The van der Waals surface area contributed by atoms with Crippen molar-refractivity contribution >= 4 is 11.6 Å². The average Bonchev–Trinajstić information content (AvgIpc) is 2.82. The predicted molar refractivity (Wildman–Crippen MR) is 54.4 cm³/mol. The largest absolute Gasteiger partial charge is 0.308 e. The lowest BCUT2D eigenvalue weighted by Crippen LogP contribution is -2.42. The van der Waals surface area contributed by atoms with Gasteiger partial charge in [0.25, 0.3) is 0 Å². The van der Waals surface area contributed by atoms with E-state index in [0.717, 1.165) is 12.5 Å². The third-order valence-corrected chi connectivity index (χ3v) is 2.98. The van der Waals surface area contributed by atoms with Crippen molar-refractivity contribution in [2.45, 2.75) is 39.2 Å². The van der Waals surface area contributed by atoms with Crippen LogP contribution < -0.4 is 5.32 Å². The zero-order chi connectivity index (χ0) is 9.19. The molecule has 70 valence electrons. The first kappa shape index (κ1) is 10.1. The van der Waals surface area contributed by atoms with Gasteiger partial charge >= 0.3 is 0 Å². The summed E-state index contributed by atoms with van der Waals surface area (Å²) in [6.07, 6.45) is 2.76. The molecule has 0 heterocycles. The smallest absolute Gasteiger partial charge is 0.0178 e. The summed E-state index contributed by atoms with van der Waals surface area (Å²) in [5, 5.41) is 3.52. The van der Waals surface area contributed by atoms with Crippen LogP contribution in [0.15, 0.2) is 11.1 Å². The molecule has 1 fully saturated rings. The molecule has 0 amide bonds. The van der Waals surface area contributed by atoms with E-state index in [2.05, 4.69) is 19.2 Å². The summed E-state index contributed by atoms with van der Waals surface area (Å²) in [5.41, 5.74) is 3.14. The molecule has 0 saturated heterocycles. The molecule has 1 aliphatic carbocycles. The van der Waals surface area contributed by atoms with E-state index < -0.39 is 0 Å². The fourth-order valence-electron chi connectivity index (χ4n) is 1.36. The Morgan fingerprint density at radius 2 is 2.17 bits per heavy atom. The first-order valence-electron chi connectivity index (χ1n) is 4.57. The topological polar surface area (TPSA) is 12.0 Å². The van der Waals surface area contributed by atoms with Gasteiger partial charge in [0.15, 0.2) is 0 Å². The van der Waals surface area contributed by atoms with Crippen molar-refractivity contribution in [1.29, 1.82) is 0 Å². The third kappa shape index (κ3) is 2.80. The second-order valence-electron chi connectivity index (χ2n) is 4.30. The minimum absolute atomic E-state index is 0.293. The molecule has 0 aromatic carbocycles. The average molecular weight is 188 g/mol. The zero-order valence-corrected chi connectivity index (χ0v) is 8.91. The maximum atomic E-state index is 5.57. The predicted octanol–water partition coefficient (Wildman–Crippen LogP) is 2.91. The normalized spacial score (nSPS) is 19.8. The van der Waals surface area contributed by atoms with Gasteiger partial charge in [-0.3, -0.25) is 0 Å². The Bertz CT molecular complexity index is 180. The molecule has 2 heteroatoms. The molecular weight excluding hydrogens is 170 g/mol. The van der Waals surface area contributed by atoms with E-state index in [1.54, 1.807) is 5.54 Å². The molecule has 12 heavy (non-hydrogen) atoms. The van der Waals surface area contributed by atoms with Crippen LogP contribution in [0.2, 0.25) is 0 Å². The van der Waals surface area contributed by atoms with Crippen LogP contribution in [0.4, 0.5) is 0 Å². The Kier molecular flexibility index (Phi) is 3.19. The van der Waals surface area contributed by atoms with E-state index in [1.165, 1.54) is 18.4 Å². The molecule has 1 N–H and O–H groups in total. The molecule has 0 atom stereocenters. The maximum Gasteiger partial charge on any atom is 0.0178 e. The molecule has 0 aliphatic heterocycles. The second kappa shape index (κ2) is 3.80. The van der Waals surface area contributed by atoms with Crippen LogP contribution in [0, 0.1) is 5.92 Å². The maximum absolute atomic E-state index is 5.57.